The first kappa shape index (κ1) is 42.2. The number of alkyl carbamates (subject to hydrolysis) is 1. The number of nitrogens with one attached hydrogen (secondary N) is 3. The Kier molecular flexibility index (Phi) is 11.6. The maximum absolute atomic E-state index is 14.9. The normalized spacial score (nSPS) is 28.0. The first-order chi connectivity index (χ1) is 26.8. The largest absolute Gasteiger partial charge is 0.497 e. The predicted molar refractivity (Wildman–Crippen MR) is 216 cm³/mol. The lowest BCUT2D eigenvalue weighted by Crippen LogP contribution is -2.60. The van der Waals surface area contributed by atoms with Gasteiger partial charge in [-0.15, -0.1) is 6.58 Å². The summed E-state index contributed by atoms with van der Waals surface area (Å²) >= 11 is 0. The van der Waals surface area contributed by atoms with Gasteiger partial charge in [0.2, 0.25) is 21.8 Å². The molecule has 5 aliphatic rings. The molecule has 3 fully saturated rings. The smallest absolute Gasteiger partial charge is 0.407 e. The van der Waals surface area contributed by atoms with E-state index in [0.29, 0.717) is 12.8 Å². The van der Waals surface area contributed by atoms with E-state index in [1.54, 1.807) is 7.11 Å². The molecule has 0 aromatic heterocycles. The van der Waals surface area contributed by atoms with E-state index in [1.807, 2.05) is 65.0 Å². The van der Waals surface area contributed by atoms with E-state index in [2.05, 4.69) is 34.1 Å². The Morgan fingerprint density at radius 1 is 1.04 bits per heavy atom. The molecule has 2 aliphatic carbocycles. The van der Waals surface area contributed by atoms with Gasteiger partial charge in [-0.2, -0.15) is 0 Å². The van der Waals surface area contributed by atoms with E-state index < -0.39 is 73.6 Å². The Bertz CT molecular complexity index is 2010. The van der Waals surface area contributed by atoms with Crippen LogP contribution in [0, 0.1) is 16.7 Å². The third-order valence-electron chi connectivity index (χ3n) is 12.1. The number of benzene rings is 2. The van der Waals surface area contributed by atoms with Gasteiger partial charge in [-0.3, -0.25) is 19.1 Å². The van der Waals surface area contributed by atoms with Crippen LogP contribution in [-0.2, 0) is 45.9 Å². The lowest BCUT2D eigenvalue weighted by atomic mass is 9.85. The fraction of sp³-hybridized carbons (Fsp3) is 0.581. The van der Waals surface area contributed by atoms with Crippen LogP contribution in [0.3, 0.4) is 0 Å². The van der Waals surface area contributed by atoms with Crippen LogP contribution in [0.5, 0.6) is 5.75 Å². The van der Waals surface area contributed by atoms with Crippen LogP contribution in [-0.4, -0.2) is 87.4 Å². The Morgan fingerprint density at radius 2 is 1.74 bits per heavy atom. The number of fused-ring (bicyclic) bond motifs is 12. The minimum Gasteiger partial charge on any atom is -0.497 e. The van der Waals surface area contributed by atoms with Gasteiger partial charge in [-0.25, -0.2) is 13.2 Å². The van der Waals surface area contributed by atoms with Crippen LogP contribution < -0.4 is 20.1 Å². The highest BCUT2D eigenvalue weighted by Crippen LogP contribution is 2.47. The van der Waals surface area contributed by atoms with Crippen LogP contribution in [0.25, 0.3) is 11.1 Å². The van der Waals surface area contributed by atoms with Gasteiger partial charge in [0.25, 0.3) is 5.91 Å². The number of carbonyl (C=O) groups is 4. The summed E-state index contributed by atoms with van der Waals surface area (Å²) in [5.74, 6) is -1.78. The van der Waals surface area contributed by atoms with Gasteiger partial charge in [0, 0.05) is 19.4 Å². The van der Waals surface area contributed by atoms with Crippen molar-refractivity contribution in [3.8, 4) is 16.9 Å². The molecule has 3 N–H and O–H groups in total. The summed E-state index contributed by atoms with van der Waals surface area (Å²) in [6.07, 6.45) is 5.28. The van der Waals surface area contributed by atoms with Crippen molar-refractivity contribution in [2.45, 2.75) is 114 Å². The number of rotatable bonds is 8. The predicted octanol–water partition coefficient (Wildman–Crippen LogP) is 5.37. The molecule has 0 unspecified atom stereocenters. The van der Waals surface area contributed by atoms with E-state index in [4.69, 9.17) is 14.2 Å². The highest BCUT2D eigenvalue weighted by molar-refractivity contribution is 7.91. The van der Waals surface area contributed by atoms with Gasteiger partial charge in [0.15, 0.2) is 0 Å². The molecule has 3 aliphatic heterocycles. The Morgan fingerprint density at radius 3 is 2.33 bits per heavy atom. The molecule has 14 heteroatoms. The third kappa shape index (κ3) is 8.86. The molecule has 13 nitrogen and oxygen atoms in total. The topological polar surface area (TPSA) is 169 Å². The summed E-state index contributed by atoms with van der Waals surface area (Å²) in [6, 6.07) is 11.7. The van der Waals surface area contributed by atoms with Gasteiger partial charge >= 0.3 is 6.09 Å². The SMILES string of the molecule is C=C[C@@H]1C[C@]1(NC(=O)[C@@H]1C[C@]2(OC)CN1C(=O)[C@H](C(C)(C)C)NC(=O)OCC(C)(C)CCCCc1cc(OC)ccc1-c1ccc2cc1)C(=O)NS(=O)(=O)C1CC1. The minimum absolute atomic E-state index is 0.0144. The number of aryl methyl sites for hydroxylation is 1. The van der Waals surface area contributed by atoms with Crippen LogP contribution in [0.4, 0.5) is 4.79 Å². The zero-order valence-electron chi connectivity index (χ0n) is 34.2. The molecule has 1 saturated heterocycles. The molecule has 310 valence electrons. The zero-order valence-corrected chi connectivity index (χ0v) is 35.1. The highest BCUT2D eigenvalue weighted by Gasteiger charge is 2.62. The third-order valence-corrected chi connectivity index (χ3v) is 13.9. The maximum atomic E-state index is 14.9. The number of nitrogens with zero attached hydrogens (tertiary/aromatic N) is 1. The molecule has 0 spiro atoms. The van der Waals surface area contributed by atoms with Crippen molar-refractivity contribution in [2.24, 2.45) is 16.7 Å². The number of methoxy groups -OCH3 is 2. The van der Waals surface area contributed by atoms with Crippen LogP contribution >= 0.6 is 0 Å². The van der Waals surface area contributed by atoms with E-state index in [9.17, 15) is 27.6 Å². The second kappa shape index (κ2) is 15.7. The van der Waals surface area contributed by atoms with E-state index in [-0.39, 0.29) is 31.4 Å². The van der Waals surface area contributed by atoms with Crippen LogP contribution in [0.1, 0.15) is 90.7 Å². The zero-order chi connectivity index (χ0) is 41.6. The molecule has 3 heterocycles. The maximum Gasteiger partial charge on any atom is 0.407 e. The van der Waals surface area contributed by atoms with Gasteiger partial charge in [0.1, 0.15) is 29.0 Å². The van der Waals surface area contributed by atoms with E-state index in [1.165, 1.54) is 18.1 Å². The molecule has 0 radical (unpaired) electrons. The number of hydrogen-bond acceptors (Lipinski definition) is 9. The van der Waals surface area contributed by atoms with Crippen molar-refractivity contribution in [3.63, 3.8) is 0 Å². The van der Waals surface area contributed by atoms with Gasteiger partial charge in [-0.05, 0) is 83.7 Å². The Labute approximate surface area is 336 Å². The number of amides is 4. The number of carbonyl (C=O) groups excluding carboxylic acids is 4. The fourth-order valence-electron chi connectivity index (χ4n) is 8.20. The summed E-state index contributed by atoms with van der Waals surface area (Å²) in [5.41, 5.74) is 0.0229. The molecule has 2 saturated carbocycles. The second-order valence-electron chi connectivity index (χ2n) is 18.1. The fourth-order valence-corrected chi connectivity index (χ4v) is 9.56. The standard InChI is InChI=1S/C43H58N4O9S/c1-9-29-23-43(29,38(50)46-57(52,53)32-18-19-32)45-36(48)34-24-42(55-8)25-47(34)37(49)35(40(2,3)4)44-39(51)56-26-41(5,6)21-11-10-12-28-22-31(54-7)17-20-33(28)27-13-15-30(42)16-14-27/h9,13-17,20,22,29,32,34-35H,1,10-12,18-19,21,23-26H2,2-8H3,(H,44,51)(H,45,48)(H,46,50)/t29-,34+,35-,42+,43-/m1/s1. The molecule has 2 aromatic carbocycles. The Balaban J connectivity index is 1.40. The number of ether oxygens (including phenoxy) is 3. The van der Waals surface area contributed by atoms with Crippen molar-refractivity contribution in [1.29, 1.82) is 0 Å². The Hall–Kier alpha value is -4.43. The summed E-state index contributed by atoms with van der Waals surface area (Å²) in [7, 11) is -0.733. The molecular weight excluding hydrogens is 749 g/mol. The van der Waals surface area contributed by atoms with Crippen molar-refractivity contribution in [3.05, 3.63) is 66.2 Å². The summed E-state index contributed by atoms with van der Waals surface area (Å²) in [5, 5.41) is 5.02. The summed E-state index contributed by atoms with van der Waals surface area (Å²) in [4.78, 5) is 57.9. The highest BCUT2D eigenvalue weighted by atomic mass is 32.2. The van der Waals surface area contributed by atoms with Crippen molar-refractivity contribution in [1.82, 2.24) is 20.3 Å². The first-order valence-electron chi connectivity index (χ1n) is 19.9. The molecule has 7 rings (SSSR count). The molecule has 4 amide bonds. The number of sulfonamides is 1. The van der Waals surface area contributed by atoms with Crippen molar-refractivity contribution in [2.75, 3.05) is 27.4 Å². The average Bonchev–Trinajstić information content (AvgIpc) is 4.10. The minimum atomic E-state index is -3.91. The first-order valence-corrected chi connectivity index (χ1v) is 21.4. The average molecular weight is 807 g/mol. The quantitative estimate of drug-likeness (QED) is 0.297. The van der Waals surface area contributed by atoms with Crippen LogP contribution in [0.15, 0.2) is 55.1 Å². The molecular formula is C43H58N4O9S. The van der Waals surface area contributed by atoms with E-state index in [0.717, 1.165) is 53.7 Å². The number of hydrogen-bond donors (Lipinski definition) is 3. The molecule has 2 aromatic rings. The molecule has 5 atom stereocenters. The molecule has 4 bridgehead atoms. The van der Waals surface area contributed by atoms with Gasteiger partial charge in [0.05, 0.1) is 25.5 Å². The molecule has 57 heavy (non-hydrogen) atoms. The summed E-state index contributed by atoms with van der Waals surface area (Å²) in [6.45, 7) is 13.4. The van der Waals surface area contributed by atoms with Gasteiger partial charge in [-0.1, -0.05) is 77.4 Å². The van der Waals surface area contributed by atoms with Gasteiger partial charge < -0.3 is 29.7 Å². The van der Waals surface area contributed by atoms with Crippen LogP contribution in [0.2, 0.25) is 0 Å². The second-order valence-corrected chi connectivity index (χ2v) is 20.0. The monoisotopic (exact) mass is 806 g/mol. The van der Waals surface area contributed by atoms with E-state index >= 15 is 0 Å². The lowest BCUT2D eigenvalue weighted by Gasteiger charge is -2.36. The van der Waals surface area contributed by atoms with Crippen molar-refractivity contribution < 1.29 is 41.8 Å². The summed E-state index contributed by atoms with van der Waals surface area (Å²) < 4.78 is 45.4. The van der Waals surface area contributed by atoms with Crippen molar-refractivity contribution >= 4 is 33.8 Å². The lowest BCUT2D eigenvalue weighted by molar-refractivity contribution is -0.143.